The molecule has 0 fully saturated rings. The minimum absolute atomic E-state index is 0.0301. The molecule has 0 amide bonds. The van der Waals surface area contributed by atoms with Crippen LogP contribution in [0.25, 0.3) is 11.1 Å². The summed E-state index contributed by atoms with van der Waals surface area (Å²) < 4.78 is 19.3. The van der Waals surface area contributed by atoms with Crippen molar-refractivity contribution in [1.29, 1.82) is 0 Å². The second-order valence-corrected chi connectivity index (χ2v) is 5.02. The molecule has 0 radical (unpaired) electrons. The van der Waals surface area contributed by atoms with Crippen molar-refractivity contribution in [3.05, 3.63) is 58.8 Å². The fourth-order valence-electron chi connectivity index (χ4n) is 2.29. The van der Waals surface area contributed by atoms with Crippen LogP contribution < -0.4 is 4.74 Å². The van der Waals surface area contributed by atoms with Crippen LogP contribution in [0.3, 0.4) is 0 Å². The van der Waals surface area contributed by atoms with Gasteiger partial charge in [-0.25, -0.2) is 4.39 Å². The van der Waals surface area contributed by atoms with Crippen LogP contribution in [-0.2, 0) is 4.79 Å². The summed E-state index contributed by atoms with van der Waals surface area (Å²) in [5.41, 5.74) is 1.56. The molecular formula is C17H16FNO4. The van der Waals surface area contributed by atoms with Crippen molar-refractivity contribution in [2.24, 2.45) is 5.18 Å². The van der Waals surface area contributed by atoms with Gasteiger partial charge in [0.2, 0.25) is 0 Å². The van der Waals surface area contributed by atoms with Crippen molar-refractivity contribution >= 4 is 5.97 Å². The van der Waals surface area contributed by atoms with Gasteiger partial charge < -0.3 is 9.84 Å². The zero-order chi connectivity index (χ0) is 16.8. The predicted molar refractivity (Wildman–Crippen MR) is 83.8 cm³/mol. The van der Waals surface area contributed by atoms with Gasteiger partial charge >= 0.3 is 5.97 Å². The summed E-state index contributed by atoms with van der Waals surface area (Å²) in [4.78, 5) is 21.5. The van der Waals surface area contributed by atoms with Gasteiger partial charge in [-0.3, -0.25) is 4.79 Å². The molecule has 23 heavy (non-hydrogen) atoms. The fourth-order valence-corrected chi connectivity index (χ4v) is 2.29. The molecule has 0 spiro atoms. The quantitative estimate of drug-likeness (QED) is 0.777. The maximum absolute atomic E-state index is 14.3. The number of halogens is 1. The molecule has 0 aromatic heterocycles. The maximum Gasteiger partial charge on any atom is 0.303 e. The van der Waals surface area contributed by atoms with E-state index in [9.17, 15) is 14.1 Å². The first kappa shape index (κ1) is 16.6. The van der Waals surface area contributed by atoms with Gasteiger partial charge in [0.15, 0.2) is 0 Å². The van der Waals surface area contributed by atoms with Gasteiger partial charge in [-0.2, -0.15) is 4.91 Å². The third-order valence-electron chi connectivity index (χ3n) is 3.54. The van der Waals surface area contributed by atoms with E-state index in [1.807, 2.05) is 0 Å². The topological polar surface area (TPSA) is 76.0 Å². The molecule has 120 valence electrons. The van der Waals surface area contributed by atoms with Gasteiger partial charge in [-0.15, -0.1) is 0 Å². The van der Waals surface area contributed by atoms with E-state index in [1.54, 1.807) is 37.4 Å². The van der Waals surface area contributed by atoms with Gasteiger partial charge in [0.05, 0.1) is 7.11 Å². The summed E-state index contributed by atoms with van der Waals surface area (Å²) in [6.07, 6.45) is -0.270. The second-order valence-electron chi connectivity index (χ2n) is 5.02. The highest BCUT2D eigenvalue weighted by atomic mass is 19.1. The van der Waals surface area contributed by atoms with Crippen LogP contribution in [0.15, 0.2) is 47.6 Å². The number of carboxylic acid groups (broad SMARTS) is 1. The molecular weight excluding hydrogens is 301 g/mol. The lowest BCUT2D eigenvalue weighted by molar-refractivity contribution is -0.137. The summed E-state index contributed by atoms with van der Waals surface area (Å²) >= 11 is 0. The van der Waals surface area contributed by atoms with Gasteiger partial charge in [-0.1, -0.05) is 29.4 Å². The van der Waals surface area contributed by atoms with Crippen molar-refractivity contribution in [3.8, 4) is 16.9 Å². The number of nitrogens with zero attached hydrogens (tertiary/aromatic N) is 1. The lowest BCUT2D eigenvalue weighted by atomic mass is 9.98. The minimum atomic E-state index is -1.05. The third kappa shape index (κ3) is 4.12. The molecule has 0 heterocycles. The Morgan fingerprint density at radius 2 is 1.87 bits per heavy atom. The minimum Gasteiger partial charge on any atom is -0.497 e. The SMILES string of the molecule is COc1ccc(-c2ccc(C(CCC(=O)O)N=O)c(F)c2)cc1. The van der Waals surface area contributed by atoms with Crippen LogP contribution >= 0.6 is 0 Å². The average molecular weight is 317 g/mol. The molecule has 0 saturated heterocycles. The maximum atomic E-state index is 14.3. The number of carbonyl (C=O) groups is 1. The molecule has 0 aliphatic carbocycles. The molecule has 5 nitrogen and oxygen atoms in total. The Morgan fingerprint density at radius 3 is 2.39 bits per heavy atom. The van der Waals surface area contributed by atoms with Crippen LogP contribution in [0.5, 0.6) is 5.75 Å². The monoisotopic (exact) mass is 317 g/mol. The lowest BCUT2D eigenvalue weighted by Gasteiger charge is -2.11. The van der Waals surface area contributed by atoms with E-state index in [-0.39, 0.29) is 18.4 Å². The first-order valence-electron chi connectivity index (χ1n) is 7.03. The van der Waals surface area contributed by atoms with Gasteiger partial charge in [0, 0.05) is 12.0 Å². The summed E-state index contributed by atoms with van der Waals surface area (Å²) in [5, 5.41) is 11.5. The van der Waals surface area contributed by atoms with Gasteiger partial charge in [-0.05, 0) is 35.7 Å². The molecule has 2 rings (SSSR count). The molecule has 0 bridgehead atoms. The highest BCUT2D eigenvalue weighted by Gasteiger charge is 2.18. The van der Waals surface area contributed by atoms with Crippen LogP contribution in [0.1, 0.15) is 24.4 Å². The van der Waals surface area contributed by atoms with E-state index in [1.165, 1.54) is 12.1 Å². The summed E-state index contributed by atoms with van der Waals surface area (Å²) in [6.45, 7) is 0. The highest BCUT2D eigenvalue weighted by Crippen LogP contribution is 2.29. The van der Waals surface area contributed by atoms with Crippen molar-refractivity contribution in [1.82, 2.24) is 0 Å². The molecule has 1 N–H and O–H groups in total. The molecule has 1 unspecified atom stereocenters. The molecule has 0 saturated carbocycles. The Hall–Kier alpha value is -2.76. The van der Waals surface area contributed by atoms with E-state index in [4.69, 9.17) is 9.84 Å². The molecule has 2 aromatic carbocycles. The Bertz CT molecular complexity index is 700. The predicted octanol–water partition coefficient (Wildman–Crippen LogP) is 4.17. The number of nitroso groups, excluding NO2 is 1. The van der Waals surface area contributed by atoms with Crippen LogP contribution in [-0.4, -0.2) is 18.2 Å². The number of methoxy groups -OCH3 is 1. The van der Waals surface area contributed by atoms with E-state index in [2.05, 4.69) is 5.18 Å². The van der Waals surface area contributed by atoms with E-state index >= 15 is 0 Å². The zero-order valence-electron chi connectivity index (χ0n) is 12.5. The van der Waals surface area contributed by atoms with Crippen molar-refractivity contribution in [2.75, 3.05) is 7.11 Å². The van der Waals surface area contributed by atoms with E-state index in [0.29, 0.717) is 11.3 Å². The Kier molecular flexibility index (Phi) is 5.41. The first-order valence-corrected chi connectivity index (χ1v) is 7.03. The second kappa shape index (κ2) is 7.49. The summed E-state index contributed by atoms with van der Waals surface area (Å²) in [6, 6.07) is 10.6. The van der Waals surface area contributed by atoms with Crippen LogP contribution in [0.2, 0.25) is 0 Å². The Balaban J connectivity index is 2.25. The number of benzene rings is 2. The summed E-state index contributed by atoms with van der Waals surface area (Å²) in [7, 11) is 1.56. The zero-order valence-corrected chi connectivity index (χ0v) is 12.5. The number of carboxylic acids is 1. The third-order valence-corrected chi connectivity index (χ3v) is 3.54. The largest absolute Gasteiger partial charge is 0.497 e. The average Bonchev–Trinajstić information content (AvgIpc) is 2.56. The normalized spacial score (nSPS) is 11.7. The molecule has 0 aliphatic rings. The smallest absolute Gasteiger partial charge is 0.303 e. The molecule has 6 heteroatoms. The standard InChI is InChI=1S/C17H16FNO4/c1-23-13-5-2-11(3-6-13)12-4-7-14(15(18)10-12)16(19-22)8-9-17(20)21/h2-7,10,16H,8-9H2,1H3,(H,20,21). The lowest BCUT2D eigenvalue weighted by Crippen LogP contribution is -2.03. The van der Waals surface area contributed by atoms with Gasteiger partial charge in [0.1, 0.15) is 17.6 Å². The van der Waals surface area contributed by atoms with Crippen LogP contribution in [0.4, 0.5) is 4.39 Å². The van der Waals surface area contributed by atoms with Crippen molar-refractivity contribution in [2.45, 2.75) is 18.9 Å². The first-order chi connectivity index (χ1) is 11.0. The number of rotatable bonds is 7. The van der Waals surface area contributed by atoms with Crippen LogP contribution in [0, 0.1) is 10.7 Å². The number of aliphatic carboxylic acids is 1. The molecule has 2 aromatic rings. The van der Waals surface area contributed by atoms with E-state index < -0.39 is 17.8 Å². The Morgan fingerprint density at radius 1 is 1.22 bits per heavy atom. The number of hydrogen-bond acceptors (Lipinski definition) is 4. The molecule has 0 aliphatic heterocycles. The van der Waals surface area contributed by atoms with E-state index in [0.717, 1.165) is 5.56 Å². The number of hydrogen-bond donors (Lipinski definition) is 1. The fraction of sp³-hybridized carbons (Fsp3) is 0.235. The number of ether oxygens (including phenoxy) is 1. The Labute approximate surface area is 132 Å². The summed E-state index contributed by atoms with van der Waals surface area (Å²) in [5.74, 6) is -0.924. The molecule has 1 atom stereocenters. The van der Waals surface area contributed by atoms with Crippen molar-refractivity contribution in [3.63, 3.8) is 0 Å². The highest BCUT2D eigenvalue weighted by molar-refractivity contribution is 5.67. The van der Waals surface area contributed by atoms with Crippen molar-refractivity contribution < 1.29 is 19.0 Å². The van der Waals surface area contributed by atoms with Gasteiger partial charge in [0.25, 0.3) is 0 Å².